The molecule has 30 heavy (non-hydrogen) atoms. The molecule has 0 atom stereocenters. The minimum atomic E-state index is -4.45. The molecule has 2 amide bonds. The lowest BCUT2D eigenvalue weighted by Crippen LogP contribution is -2.30. The number of amides is 2. The summed E-state index contributed by atoms with van der Waals surface area (Å²) in [5, 5.41) is 7.09. The van der Waals surface area contributed by atoms with Crippen molar-refractivity contribution in [3.63, 3.8) is 0 Å². The van der Waals surface area contributed by atoms with E-state index in [1.807, 2.05) is 0 Å². The van der Waals surface area contributed by atoms with Crippen LogP contribution in [0.2, 0.25) is 0 Å². The van der Waals surface area contributed by atoms with Gasteiger partial charge in [0.05, 0.1) is 5.56 Å². The molecule has 10 heteroatoms. The van der Waals surface area contributed by atoms with Crippen LogP contribution < -0.4 is 10.6 Å². The van der Waals surface area contributed by atoms with Crippen molar-refractivity contribution in [2.75, 3.05) is 6.54 Å². The number of halogens is 3. The number of thiazole rings is 1. The summed E-state index contributed by atoms with van der Waals surface area (Å²) in [5.74, 6) is -0.721. The van der Waals surface area contributed by atoms with Gasteiger partial charge in [0.1, 0.15) is 10.7 Å². The summed E-state index contributed by atoms with van der Waals surface area (Å²) in [6, 6.07) is 8.34. The van der Waals surface area contributed by atoms with E-state index in [9.17, 15) is 22.8 Å². The zero-order valence-electron chi connectivity index (χ0n) is 15.6. The van der Waals surface area contributed by atoms with E-state index in [1.54, 1.807) is 24.5 Å². The van der Waals surface area contributed by atoms with Crippen molar-refractivity contribution in [2.24, 2.45) is 0 Å². The largest absolute Gasteiger partial charge is 0.416 e. The number of carbonyl (C=O) groups excluding carboxylic acids is 2. The van der Waals surface area contributed by atoms with Gasteiger partial charge in [0.2, 0.25) is 5.91 Å². The van der Waals surface area contributed by atoms with E-state index in [2.05, 4.69) is 20.6 Å². The van der Waals surface area contributed by atoms with Gasteiger partial charge in [-0.1, -0.05) is 12.1 Å². The lowest BCUT2D eigenvalue weighted by molar-refractivity contribution is -0.137. The van der Waals surface area contributed by atoms with Crippen molar-refractivity contribution in [1.82, 2.24) is 20.6 Å². The summed E-state index contributed by atoms with van der Waals surface area (Å²) in [5.41, 5.74) is 0.500. The van der Waals surface area contributed by atoms with Gasteiger partial charge in [0.25, 0.3) is 5.91 Å². The van der Waals surface area contributed by atoms with Gasteiger partial charge < -0.3 is 10.6 Å². The summed E-state index contributed by atoms with van der Waals surface area (Å²) in [6.07, 6.45) is -1.11. The third-order valence-electron chi connectivity index (χ3n) is 4.05. The second-order valence-corrected chi connectivity index (χ2v) is 7.11. The van der Waals surface area contributed by atoms with Gasteiger partial charge in [-0.15, -0.1) is 11.3 Å². The highest BCUT2D eigenvalue weighted by atomic mass is 32.1. The van der Waals surface area contributed by atoms with Crippen molar-refractivity contribution in [1.29, 1.82) is 0 Å². The van der Waals surface area contributed by atoms with Crippen LogP contribution in [-0.2, 0) is 17.5 Å². The number of pyridine rings is 1. The number of carbonyl (C=O) groups is 2. The predicted molar refractivity (Wildman–Crippen MR) is 106 cm³/mol. The number of nitrogens with one attached hydrogen (secondary N) is 2. The molecule has 0 bridgehead atoms. The lowest BCUT2D eigenvalue weighted by atomic mass is 10.1. The quantitative estimate of drug-likeness (QED) is 0.595. The number of nitrogens with zero attached hydrogens (tertiary/aromatic N) is 2. The Balaban J connectivity index is 1.50. The fourth-order valence-corrected chi connectivity index (χ4v) is 3.31. The smallest absolute Gasteiger partial charge is 0.352 e. The van der Waals surface area contributed by atoms with Crippen LogP contribution in [0.25, 0.3) is 10.6 Å². The van der Waals surface area contributed by atoms with E-state index < -0.39 is 17.6 Å². The van der Waals surface area contributed by atoms with Gasteiger partial charge in [-0.3, -0.25) is 14.6 Å². The molecule has 156 valence electrons. The molecule has 0 saturated carbocycles. The van der Waals surface area contributed by atoms with E-state index in [4.69, 9.17) is 0 Å². The fourth-order valence-electron chi connectivity index (χ4n) is 2.51. The van der Waals surface area contributed by atoms with E-state index >= 15 is 0 Å². The van der Waals surface area contributed by atoms with Crippen LogP contribution in [0.3, 0.4) is 0 Å². The van der Waals surface area contributed by atoms with Crippen LogP contribution in [0.5, 0.6) is 0 Å². The first-order valence-electron chi connectivity index (χ1n) is 8.90. The highest BCUT2D eigenvalue weighted by Gasteiger charge is 2.30. The zero-order valence-corrected chi connectivity index (χ0v) is 16.4. The molecule has 0 aliphatic carbocycles. The van der Waals surface area contributed by atoms with Crippen LogP contribution in [0.1, 0.15) is 28.0 Å². The van der Waals surface area contributed by atoms with Crippen molar-refractivity contribution >= 4 is 23.2 Å². The molecule has 2 aromatic heterocycles. The molecule has 2 N–H and O–H groups in total. The number of aromatic nitrogens is 2. The molecule has 1 aromatic carbocycles. The maximum atomic E-state index is 12.9. The van der Waals surface area contributed by atoms with Gasteiger partial charge in [0, 0.05) is 42.8 Å². The molecule has 0 radical (unpaired) electrons. The molecule has 2 heterocycles. The molecule has 0 aliphatic rings. The Morgan fingerprint density at radius 3 is 2.57 bits per heavy atom. The van der Waals surface area contributed by atoms with E-state index in [0.29, 0.717) is 11.6 Å². The van der Waals surface area contributed by atoms with Gasteiger partial charge in [-0.25, -0.2) is 4.98 Å². The highest BCUT2D eigenvalue weighted by molar-refractivity contribution is 7.13. The highest BCUT2D eigenvalue weighted by Crippen LogP contribution is 2.33. The third kappa shape index (κ3) is 5.86. The number of hydrogen-bond acceptors (Lipinski definition) is 5. The number of alkyl halides is 3. The third-order valence-corrected chi connectivity index (χ3v) is 4.94. The number of rotatable bonds is 7. The van der Waals surface area contributed by atoms with Gasteiger partial charge >= 0.3 is 6.18 Å². The van der Waals surface area contributed by atoms with Crippen molar-refractivity contribution < 1.29 is 22.8 Å². The maximum Gasteiger partial charge on any atom is 0.416 e. The van der Waals surface area contributed by atoms with Crippen molar-refractivity contribution in [2.45, 2.75) is 19.1 Å². The van der Waals surface area contributed by atoms with E-state index in [-0.39, 0.29) is 30.1 Å². The Morgan fingerprint density at radius 1 is 1.07 bits per heavy atom. The van der Waals surface area contributed by atoms with E-state index in [1.165, 1.54) is 17.5 Å². The van der Waals surface area contributed by atoms with Gasteiger partial charge in [-0.05, 0) is 29.8 Å². The molecule has 3 rings (SSSR count). The molecular weight excluding hydrogens is 417 g/mol. The van der Waals surface area contributed by atoms with Crippen LogP contribution >= 0.6 is 11.3 Å². The maximum absolute atomic E-state index is 12.9. The Hall–Kier alpha value is -3.27. The Bertz CT molecular complexity index is 1020. The Morgan fingerprint density at radius 2 is 1.83 bits per heavy atom. The van der Waals surface area contributed by atoms with Crippen LogP contribution in [0.15, 0.2) is 54.2 Å². The van der Waals surface area contributed by atoms with Crippen LogP contribution in [-0.4, -0.2) is 28.3 Å². The summed E-state index contributed by atoms with van der Waals surface area (Å²) in [4.78, 5) is 32.0. The average molecular weight is 434 g/mol. The molecule has 3 aromatic rings. The minimum absolute atomic E-state index is 0.0848. The van der Waals surface area contributed by atoms with Crippen LogP contribution in [0, 0.1) is 0 Å². The van der Waals surface area contributed by atoms with E-state index in [0.717, 1.165) is 29.0 Å². The average Bonchev–Trinajstić information content (AvgIpc) is 3.23. The topological polar surface area (TPSA) is 84.0 Å². The standard InChI is InChI=1S/C20H17F3N4O2S/c21-20(22,23)15-3-1-2-14(10-15)19-27-16(12-30-19)18(29)25-9-6-17(28)26-11-13-4-7-24-8-5-13/h1-5,7-8,10,12H,6,9,11H2,(H,25,29)(H,26,28). The molecule has 6 nitrogen and oxygen atoms in total. The van der Waals surface area contributed by atoms with Crippen molar-refractivity contribution in [3.8, 4) is 10.6 Å². The second kappa shape index (κ2) is 9.49. The van der Waals surface area contributed by atoms with Gasteiger partial charge in [-0.2, -0.15) is 13.2 Å². The summed E-state index contributed by atoms with van der Waals surface area (Å²) in [7, 11) is 0. The molecule has 0 fully saturated rings. The normalized spacial score (nSPS) is 11.2. The van der Waals surface area contributed by atoms with Crippen molar-refractivity contribution in [3.05, 3.63) is 71.0 Å². The summed E-state index contributed by atoms with van der Waals surface area (Å²) < 4.78 is 38.6. The Labute approximate surface area is 174 Å². The SMILES string of the molecule is O=C(CCNC(=O)c1csc(-c2cccc(C(F)(F)F)c2)n1)NCc1ccncc1. The first kappa shape index (κ1) is 21.4. The number of hydrogen-bond donors (Lipinski definition) is 2. The predicted octanol–water partition coefficient (Wildman–Crippen LogP) is 3.66. The molecular formula is C20H17F3N4O2S. The molecule has 0 aliphatic heterocycles. The molecule has 0 spiro atoms. The summed E-state index contributed by atoms with van der Waals surface area (Å²) >= 11 is 1.07. The Kier molecular flexibility index (Phi) is 6.78. The molecule has 0 unspecified atom stereocenters. The molecule has 0 saturated heterocycles. The number of benzene rings is 1. The monoisotopic (exact) mass is 434 g/mol. The summed E-state index contributed by atoms with van der Waals surface area (Å²) in [6.45, 7) is 0.471. The van der Waals surface area contributed by atoms with Gasteiger partial charge in [0.15, 0.2) is 0 Å². The van der Waals surface area contributed by atoms with Crippen LogP contribution in [0.4, 0.5) is 13.2 Å². The minimum Gasteiger partial charge on any atom is -0.352 e. The fraction of sp³-hybridized carbons (Fsp3) is 0.200. The second-order valence-electron chi connectivity index (χ2n) is 6.25. The zero-order chi connectivity index (χ0) is 21.6. The first-order valence-corrected chi connectivity index (χ1v) is 9.78. The first-order chi connectivity index (χ1) is 14.3. The lowest BCUT2D eigenvalue weighted by Gasteiger charge is -2.07.